The molecule has 156 valence electrons. The number of ether oxygens (including phenoxy) is 1. The molecule has 4 rings (SSSR count). The van der Waals surface area contributed by atoms with Gasteiger partial charge in [0.15, 0.2) is 0 Å². The molecule has 0 spiro atoms. The van der Waals surface area contributed by atoms with Crippen LogP contribution in [0.1, 0.15) is 16.7 Å². The number of piperazine rings is 1. The van der Waals surface area contributed by atoms with Gasteiger partial charge in [0.25, 0.3) is 0 Å². The maximum Gasteiger partial charge on any atom is 0.127 e. The lowest BCUT2D eigenvalue weighted by molar-refractivity contribution is 0.108. The molecule has 2 aliphatic heterocycles. The van der Waals surface area contributed by atoms with Crippen LogP contribution in [0.3, 0.4) is 0 Å². The number of hydrogen-bond acceptors (Lipinski definition) is 5. The Hall–Kier alpha value is -1.99. The molecule has 29 heavy (non-hydrogen) atoms. The van der Waals surface area contributed by atoms with Crippen molar-refractivity contribution in [2.75, 3.05) is 52.5 Å². The smallest absolute Gasteiger partial charge is 0.127 e. The van der Waals surface area contributed by atoms with E-state index in [0.29, 0.717) is 13.2 Å². The van der Waals surface area contributed by atoms with Crippen LogP contribution in [0.5, 0.6) is 5.75 Å². The van der Waals surface area contributed by atoms with E-state index < -0.39 is 0 Å². The van der Waals surface area contributed by atoms with Crippen molar-refractivity contribution in [3.63, 3.8) is 0 Å². The molecule has 0 saturated carbocycles. The normalized spacial score (nSPS) is 18.8. The molecule has 0 atom stereocenters. The van der Waals surface area contributed by atoms with Gasteiger partial charge < -0.3 is 9.84 Å². The molecule has 5 nitrogen and oxygen atoms in total. The van der Waals surface area contributed by atoms with Crippen LogP contribution < -0.4 is 4.74 Å². The number of rotatable bonds is 6. The average molecular weight is 400 g/mol. The molecule has 2 aromatic carbocycles. The third kappa shape index (κ3) is 5.34. The SMILES string of the molecule is OCCN1CCN(Cc2ccc3c(c2)CN(Cc2ccccc2F)CCO3)CC1. The third-order valence-electron chi connectivity index (χ3n) is 5.82. The molecule has 2 heterocycles. The predicted molar refractivity (Wildman–Crippen MR) is 111 cm³/mol. The van der Waals surface area contributed by atoms with Gasteiger partial charge in [-0.2, -0.15) is 0 Å². The average Bonchev–Trinajstić information content (AvgIpc) is 2.93. The van der Waals surface area contributed by atoms with E-state index in [1.54, 1.807) is 6.07 Å². The third-order valence-corrected chi connectivity index (χ3v) is 5.82. The highest BCUT2D eigenvalue weighted by Crippen LogP contribution is 2.26. The summed E-state index contributed by atoms with van der Waals surface area (Å²) >= 11 is 0. The number of benzene rings is 2. The molecular formula is C23H30FN3O2. The first-order valence-electron chi connectivity index (χ1n) is 10.5. The highest BCUT2D eigenvalue weighted by atomic mass is 19.1. The van der Waals surface area contributed by atoms with Gasteiger partial charge in [0.1, 0.15) is 18.2 Å². The Bertz CT molecular complexity index is 808. The summed E-state index contributed by atoms with van der Waals surface area (Å²) in [5.74, 6) is 0.796. The van der Waals surface area contributed by atoms with Crippen molar-refractivity contribution >= 4 is 0 Å². The van der Waals surface area contributed by atoms with Crippen LogP contribution >= 0.6 is 0 Å². The topological polar surface area (TPSA) is 39.2 Å². The maximum absolute atomic E-state index is 14.1. The fraction of sp³-hybridized carbons (Fsp3) is 0.478. The summed E-state index contributed by atoms with van der Waals surface area (Å²) in [6, 6.07) is 13.5. The zero-order chi connectivity index (χ0) is 20.1. The fourth-order valence-electron chi connectivity index (χ4n) is 4.17. The molecule has 0 aliphatic carbocycles. The number of nitrogens with zero attached hydrogens (tertiary/aromatic N) is 3. The first-order chi connectivity index (χ1) is 14.2. The van der Waals surface area contributed by atoms with Crippen LogP contribution in [0.25, 0.3) is 0 Å². The van der Waals surface area contributed by atoms with E-state index in [1.165, 1.54) is 17.2 Å². The summed E-state index contributed by atoms with van der Waals surface area (Å²) in [6.45, 7) is 8.73. The standard InChI is InChI=1S/C23H30FN3O2/c24-22-4-2-1-3-20(22)17-27-12-14-29-23-6-5-19(15-21(23)18-27)16-26-9-7-25(8-10-26)11-13-28/h1-6,15,28H,7-14,16-18H2. The zero-order valence-electron chi connectivity index (χ0n) is 16.9. The van der Waals surface area contributed by atoms with E-state index >= 15 is 0 Å². The van der Waals surface area contributed by atoms with E-state index in [2.05, 4.69) is 32.9 Å². The number of fused-ring (bicyclic) bond motifs is 1. The molecule has 0 aromatic heterocycles. The fourth-order valence-corrected chi connectivity index (χ4v) is 4.17. The lowest BCUT2D eigenvalue weighted by atomic mass is 10.1. The van der Waals surface area contributed by atoms with E-state index in [9.17, 15) is 4.39 Å². The van der Waals surface area contributed by atoms with E-state index in [1.807, 2.05) is 12.1 Å². The molecule has 0 amide bonds. The van der Waals surface area contributed by atoms with E-state index in [4.69, 9.17) is 9.84 Å². The molecule has 0 unspecified atom stereocenters. The monoisotopic (exact) mass is 399 g/mol. The number of aliphatic hydroxyl groups is 1. The molecule has 1 saturated heterocycles. The van der Waals surface area contributed by atoms with Gasteiger partial charge in [0.2, 0.25) is 0 Å². The van der Waals surface area contributed by atoms with Crippen LogP contribution in [0.15, 0.2) is 42.5 Å². The maximum atomic E-state index is 14.1. The minimum Gasteiger partial charge on any atom is -0.492 e. The van der Waals surface area contributed by atoms with Crippen molar-refractivity contribution in [2.45, 2.75) is 19.6 Å². The van der Waals surface area contributed by atoms with Gasteiger partial charge in [-0.3, -0.25) is 14.7 Å². The quantitative estimate of drug-likeness (QED) is 0.807. The van der Waals surface area contributed by atoms with E-state index in [-0.39, 0.29) is 12.4 Å². The van der Waals surface area contributed by atoms with Crippen LogP contribution in [0, 0.1) is 5.82 Å². The minimum atomic E-state index is -0.146. The van der Waals surface area contributed by atoms with E-state index in [0.717, 1.165) is 63.7 Å². The molecule has 2 aromatic rings. The van der Waals surface area contributed by atoms with Gasteiger partial charge in [-0.25, -0.2) is 4.39 Å². The number of aliphatic hydroxyl groups excluding tert-OH is 1. The molecular weight excluding hydrogens is 369 g/mol. The summed E-state index contributed by atoms with van der Waals surface area (Å²) in [7, 11) is 0. The second kappa shape index (κ2) is 9.67. The van der Waals surface area contributed by atoms with Gasteiger partial charge in [-0.1, -0.05) is 24.3 Å². The summed E-state index contributed by atoms with van der Waals surface area (Å²) in [5, 5.41) is 9.09. The van der Waals surface area contributed by atoms with Crippen LogP contribution in [-0.2, 0) is 19.6 Å². The van der Waals surface area contributed by atoms with Crippen molar-refractivity contribution < 1.29 is 14.2 Å². The molecule has 1 N–H and O–H groups in total. The highest BCUT2D eigenvalue weighted by molar-refractivity contribution is 5.38. The van der Waals surface area contributed by atoms with Crippen molar-refractivity contribution in [3.05, 3.63) is 65.0 Å². The Morgan fingerprint density at radius 1 is 0.897 bits per heavy atom. The van der Waals surface area contributed by atoms with Gasteiger partial charge in [-0.05, 0) is 23.8 Å². The van der Waals surface area contributed by atoms with Gasteiger partial charge >= 0.3 is 0 Å². The van der Waals surface area contributed by atoms with Crippen molar-refractivity contribution in [2.24, 2.45) is 0 Å². The Morgan fingerprint density at radius 2 is 1.69 bits per heavy atom. The number of halogens is 1. The Labute approximate surface area is 172 Å². The molecule has 0 radical (unpaired) electrons. The molecule has 2 aliphatic rings. The van der Waals surface area contributed by atoms with Gasteiger partial charge in [-0.15, -0.1) is 0 Å². The largest absolute Gasteiger partial charge is 0.492 e. The molecule has 6 heteroatoms. The predicted octanol–water partition coefficient (Wildman–Crippen LogP) is 2.33. The number of β-amino-alcohol motifs (C(OH)–C–C–N with tert-alkyl or cyclic N) is 1. The van der Waals surface area contributed by atoms with Crippen LogP contribution in [-0.4, -0.2) is 72.3 Å². The summed E-state index contributed by atoms with van der Waals surface area (Å²) in [5.41, 5.74) is 3.19. The first kappa shape index (κ1) is 20.3. The lowest BCUT2D eigenvalue weighted by Crippen LogP contribution is -2.46. The summed E-state index contributed by atoms with van der Waals surface area (Å²) < 4.78 is 20.0. The first-order valence-corrected chi connectivity index (χ1v) is 10.5. The van der Waals surface area contributed by atoms with Crippen molar-refractivity contribution in [1.82, 2.24) is 14.7 Å². The Morgan fingerprint density at radius 3 is 2.48 bits per heavy atom. The van der Waals surface area contributed by atoms with Crippen LogP contribution in [0.4, 0.5) is 4.39 Å². The summed E-state index contributed by atoms with van der Waals surface area (Å²) in [6.07, 6.45) is 0. The lowest BCUT2D eigenvalue weighted by Gasteiger charge is -2.34. The number of hydrogen-bond donors (Lipinski definition) is 1. The van der Waals surface area contributed by atoms with Gasteiger partial charge in [0.05, 0.1) is 6.61 Å². The van der Waals surface area contributed by atoms with Gasteiger partial charge in [0, 0.05) is 70.0 Å². The van der Waals surface area contributed by atoms with Crippen LogP contribution in [0.2, 0.25) is 0 Å². The highest BCUT2D eigenvalue weighted by Gasteiger charge is 2.19. The zero-order valence-corrected chi connectivity index (χ0v) is 16.9. The minimum absolute atomic E-state index is 0.146. The Balaban J connectivity index is 1.40. The van der Waals surface area contributed by atoms with Crippen molar-refractivity contribution in [1.29, 1.82) is 0 Å². The summed E-state index contributed by atoms with van der Waals surface area (Å²) in [4.78, 5) is 7.02. The van der Waals surface area contributed by atoms with Crippen molar-refractivity contribution in [3.8, 4) is 5.75 Å². The molecule has 1 fully saturated rings. The second-order valence-electron chi connectivity index (χ2n) is 7.93. The second-order valence-corrected chi connectivity index (χ2v) is 7.93. The molecule has 0 bridgehead atoms. The Kier molecular flexibility index (Phi) is 6.77.